The zero-order valence-corrected chi connectivity index (χ0v) is 13.2. The molecular weight excluding hydrogens is 304 g/mol. The molecule has 0 bridgehead atoms. The van der Waals surface area contributed by atoms with Gasteiger partial charge < -0.3 is 18.9 Å². The SMILES string of the molecule is COC(=O)C[C@@H]1O[C@H](COS(C)(=O)=O)[C@H]2OC(C)(C)O[C@H]21. The van der Waals surface area contributed by atoms with Gasteiger partial charge in [-0.05, 0) is 13.8 Å². The van der Waals surface area contributed by atoms with E-state index in [-0.39, 0.29) is 13.0 Å². The molecule has 4 atom stereocenters. The lowest BCUT2D eigenvalue weighted by Gasteiger charge is -2.23. The highest BCUT2D eigenvalue weighted by atomic mass is 32.2. The molecule has 9 heteroatoms. The van der Waals surface area contributed by atoms with E-state index in [0.717, 1.165) is 6.26 Å². The van der Waals surface area contributed by atoms with E-state index in [1.165, 1.54) is 7.11 Å². The van der Waals surface area contributed by atoms with Crippen molar-refractivity contribution in [2.75, 3.05) is 20.0 Å². The van der Waals surface area contributed by atoms with Gasteiger partial charge in [0.1, 0.15) is 18.3 Å². The van der Waals surface area contributed by atoms with Crippen molar-refractivity contribution in [2.45, 2.75) is 50.5 Å². The van der Waals surface area contributed by atoms with Crippen LogP contribution in [0.2, 0.25) is 0 Å². The number of methoxy groups -OCH3 is 1. The van der Waals surface area contributed by atoms with Crippen molar-refractivity contribution < 1.29 is 36.3 Å². The predicted octanol–water partition coefficient (Wildman–Crippen LogP) is -0.187. The topological polar surface area (TPSA) is 97.4 Å². The van der Waals surface area contributed by atoms with Gasteiger partial charge in [-0.1, -0.05) is 0 Å². The molecule has 0 aromatic carbocycles. The van der Waals surface area contributed by atoms with Crippen LogP contribution < -0.4 is 0 Å². The minimum atomic E-state index is -3.58. The van der Waals surface area contributed by atoms with Crippen molar-refractivity contribution >= 4 is 16.1 Å². The van der Waals surface area contributed by atoms with Gasteiger partial charge in [0.05, 0.1) is 32.5 Å². The molecule has 122 valence electrons. The molecule has 0 aromatic heterocycles. The molecule has 0 aromatic rings. The summed E-state index contributed by atoms with van der Waals surface area (Å²) in [5.74, 6) is -1.26. The Bertz CT molecular complexity index is 499. The third-order valence-corrected chi connectivity index (χ3v) is 3.85. The van der Waals surface area contributed by atoms with Crippen molar-refractivity contribution in [1.29, 1.82) is 0 Å². The van der Waals surface area contributed by atoms with Crippen LogP contribution in [0.1, 0.15) is 20.3 Å². The Morgan fingerprint density at radius 1 is 1.19 bits per heavy atom. The van der Waals surface area contributed by atoms with Crippen molar-refractivity contribution in [1.82, 2.24) is 0 Å². The van der Waals surface area contributed by atoms with Crippen LogP contribution in [0.4, 0.5) is 0 Å². The number of fused-ring (bicyclic) bond motifs is 1. The van der Waals surface area contributed by atoms with Crippen LogP contribution in [0.15, 0.2) is 0 Å². The van der Waals surface area contributed by atoms with E-state index >= 15 is 0 Å². The fourth-order valence-corrected chi connectivity index (χ4v) is 2.89. The summed E-state index contributed by atoms with van der Waals surface area (Å²) in [4.78, 5) is 11.4. The van der Waals surface area contributed by atoms with Gasteiger partial charge in [-0.2, -0.15) is 8.42 Å². The molecule has 2 aliphatic heterocycles. The third kappa shape index (κ3) is 4.13. The molecule has 0 saturated carbocycles. The highest BCUT2D eigenvalue weighted by Gasteiger charge is 2.55. The number of esters is 1. The maximum absolute atomic E-state index is 11.4. The molecule has 8 nitrogen and oxygen atoms in total. The van der Waals surface area contributed by atoms with Crippen LogP contribution in [0, 0.1) is 0 Å². The molecule has 0 spiro atoms. The quantitative estimate of drug-likeness (QED) is 0.507. The molecular formula is C12H20O8S. The molecule has 2 aliphatic rings. The molecule has 2 fully saturated rings. The lowest BCUT2D eigenvalue weighted by atomic mass is 10.1. The molecule has 21 heavy (non-hydrogen) atoms. The molecule has 0 N–H and O–H groups in total. The largest absolute Gasteiger partial charge is 0.469 e. The number of ether oxygens (including phenoxy) is 4. The Kier molecular flexibility index (Phi) is 4.60. The summed E-state index contributed by atoms with van der Waals surface area (Å²) in [5, 5.41) is 0. The first-order chi connectivity index (χ1) is 9.61. The average molecular weight is 324 g/mol. The van der Waals surface area contributed by atoms with Gasteiger partial charge in [0.25, 0.3) is 10.1 Å². The first kappa shape index (κ1) is 16.6. The summed E-state index contributed by atoms with van der Waals surface area (Å²) < 4.78 is 48.7. The number of carbonyl (C=O) groups is 1. The normalized spacial score (nSPS) is 34.7. The zero-order chi connectivity index (χ0) is 15.8. The van der Waals surface area contributed by atoms with E-state index in [0.29, 0.717) is 0 Å². The number of rotatable bonds is 5. The number of carbonyl (C=O) groups excluding carboxylic acids is 1. The van der Waals surface area contributed by atoms with E-state index in [1.54, 1.807) is 13.8 Å². The first-order valence-corrected chi connectivity index (χ1v) is 8.35. The zero-order valence-electron chi connectivity index (χ0n) is 12.4. The van der Waals surface area contributed by atoms with Gasteiger partial charge >= 0.3 is 5.97 Å². The van der Waals surface area contributed by atoms with E-state index in [1.807, 2.05) is 0 Å². The molecule has 0 aliphatic carbocycles. The lowest BCUT2D eigenvalue weighted by molar-refractivity contribution is -0.192. The van der Waals surface area contributed by atoms with Crippen LogP contribution in [0.25, 0.3) is 0 Å². The third-order valence-electron chi connectivity index (χ3n) is 3.29. The second kappa shape index (κ2) is 5.81. The highest BCUT2D eigenvalue weighted by molar-refractivity contribution is 7.85. The molecule has 2 rings (SSSR count). The fraction of sp³-hybridized carbons (Fsp3) is 0.917. The van der Waals surface area contributed by atoms with Gasteiger partial charge in [-0.3, -0.25) is 8.98 Å². The monoisotopic (exact) mass is 324 g/mol. The molecule has 0 unspecified atom stereocenters. The van der Waals surface area contributed by atoms with E-state index in [9.17, 15) is 13.2 Å². The first-order valence-electron chi connectivity index (χ1n) is 6.53. The standard InChI is InChI=1S/C12H20O8S/c1-12(2)19-10-7(5-9(13)16-3)18-8(11(10)20-12)6-17-21(4,14)15/h7-8,10-11H,5-6H2,1-4H3/t7-,8+,10-,11+/m0/s1. The van der Waals surface area contributed by atoms with Gasteiger partial charge in [0, 0.05) is 0 Å². The molecule has 2 heterocycles. The number of hydrogen-bond donors (Lipinski definition) is 0. The second-order valence-corrected chi connectivity index (χ2v) is 7.19. The van der Waals surface area contributed by atoms with Crippen LogP contribution >= 0.6 is 0 Å². The van der Waals surface area contributed by atoms with Gasteiger partial charge in [-0.15, -0.1) is 0 Å². The van der Waals surface area contributed by atoms with Crippen molar-refractivity contribution in [3.63, 3.8) is 0 Å². The van der Waals surface area contributed by atoms with Crippen LogP contribution in [-0.2, 0) is 38.0 Å². The van der Waals surface area contributed by atoms with E-state index in [2.05, 4.69) is 4.74 Å². The van der Waals surface area contributed by atoms with Gasteiger partial charge in [0.15, 0.2) is 5.79 Å². The van der Waals surface area contributed by atoms with Crippen LogP contribution in [0.3, 0.4) is 0 Å². The van der Waals surface area contributed by atoms with E-state index < -0.39 is 46.3 Å². The minimum Gasteiger partial charge on any atom is -0.469 e. The Morgan fingerprint density at radius 2 is 1.76 bits per heavy atom. The summed E-state index contributed by atoms with van der Waals surface area (Å²) >= 11 is 0. The van der Waals surface area contributed by atoms with Crippen molar-refractivity contribution in [2.24, 2.45) is 0 Å². The lowest BCUT2D eigenvalue weighted by Crippen LogP contribution is -2.33. The summed E-state index contributed by atoms with van der Waals surface area (Å²) in [6.45, 7) is 3.31. The Labute approximate surface area is 123 Å². The molecule has 2 saturated heterocycles. The van der Waals surface area contributed by atoms with Gasteiger partial charge in [-0.25, -0.2) is 0 Å². The molecule has 0 radical (unpaired) electrons. The van der Waals surface area contributed by atoms with Crippen molar-refractivity contribution in [3.05, 3.63) is 0 Å². The van der Waals surface area contributed by atoms with E-state index in [4.69, 9.17) is 18.4 Å². The molecule has 0 amide bonds. The van der Waals surface area contributed by atoms with Gasteiger partial charge in [0.2, 0.25) is 0 Å². The van der Waals surface area contributed by atoms with Crippen LogP contribution in [0.5, 0.6) is 0 Å². The Balaban J connectivity index is 2.07. The summed E-state index contributed by atoms with van der Waals surface area (Å²) in [6, 6.07) is 0. The summed E-state index contributed by atoms with van der Waals surface area (Å²) in [7, 11) is -2.30. The Morgan fingerprint density at radius 3 is 2.29 bits per heavy atom. The van der Waals surface area contributed by atoms with Crippen molar-refractivity contribution in [3.8, 4) is 0 Å². The second-order valence-electron chi connectivity index (χ2n) is 5.55. The smallest absolute Gasteiger partial charge is 0.308 e. The summed E-state index contributed by atoms with van der Waals surface area (Å²) in [5.41, 5.74) is 0. The minimum absolute atomic E-state index is 0.00643. The summed E-state index contributed by atoms with van der Waals surface area (Å²) in [6.07, 6.45) is -1.17. The maximum Gasteiger partial charge on any atom is 0.308 e. The average Bonchev–Trinajstić information content (AvgIpc) is 2.81. The Hall–Kier alpha value is -0.740. The predicted molar refractivity (Wildman–Crippen MR) is 69.9 cm³/mol. The highest BCUT2D eigenvalue weighted by Crippen LogP contribution is 2.39. The maximum atomic E-state index is 11.4. The fourth-order valence-electron chi connectivity index (χ4n) is 2.51. The number of hydrogen-bond acceptors (Lipinski definition) is 8. The van der Waals surface area contributed by atoms with Crippen LogP contribution in [-0.4, -0.2) is 64.6 Å².